The Bertz CT molecular complexity index is 602. The van der Waals surface area contributed by atoms with Gasteiger partial charge in [-0.3, -0.25) is 10.1 Å². The second-order valence-electron chi connectivity index (χ2n) is 4.21. The highest BCUT2D eigenvalue weighted by Gasteiger charge is 2.16. The molecule has 23 heavy (non-hydrogen) atoms. The van der Waals surface area contributed by atoms with Gasteiger partial charge in [-0.25, -0.2) is 9.59 Å². The molecular weight excluding hydrogens is 302 g/mol. The zero-order chi connectivity index (χ0) is 17.2. The molecule has 0 N–H and O–H groups in total. The monoisotopic (exact) mass is 319 g/mol. The summed E-state index contributed by atoms with van der Waals surface area (Å²) >= 11 is 0. The third-order valence-electron chi connectivity index (χ3n) is 2.65. The highest BCUT2D eigenvalue weighted by Crippen LogP contribution is 2.26. The van der Waals surface area contributed by atoms with Crippen LogP contribution in [0.1, 0.15) is 25.0 Å². The molecule has 0 bridgehead atoms. The van der Waals surface area contributed by atoms with Gasteiger partial charge < -0.3 is 9.47 Å². The molecule has 0 aromatic heterocycles. The summed E-state index contributed by atoms with van der Waals surface area (Å²) in [6.45, 7) is 3.76. The quantitative estimate of drug-likeness (QED) is 0.332. The molecule has 0 aliphatic heterocycles. The van der Waals surface area contributed by atoms with Crippen molar-refractivity contribution in [2.24, 2.45) is 0 Å². The minimum absolute atomic E-state index is 0.214. The van der Waals surface area contributed by atoms with Crippen LogP contribution in [-0.2, 0) is 19.1 Å². The number of nitro benzene ring substituents is 1. The van der Waals surface area contributed by atoms with E-state index in [1.807, 2.05) is 0 Å². The third-order valence-corrected chi connectivity index (χ3v) is 2.65. The first-order chi connectivity index (χ1) is 11.0. The molecule has 7 nitrogen and oxygen atoms in total. The fourth-order valence-corrected chi connectivity index (χ4v) is 1.76. The zero-order valence-corrected chi connectivity index (χ0v) is 12.9. The summed E-state index contributed by atoms with van der Waals surface area (Å²) in [5.41, 5.74) is 0.247. The smallest absolute Gasteiger partial charge is 0.330 e. The Morgan fingerprint density at radius 3 is 1.83 bits per heavy atom. The lowest BCUT2D eigenvalue weighted by molar-refractivity contribution is -0.385. The van der Waals surface area contributed by atoms with Crippen molar-refractivity contribution < 1.29 is 24.0 Å². The summed E-state index contributed by atoms with van der Waals surface area (Å²) in [5, 5.41) is 11.3. The van der Waals surface area contributed by atoms with Crippen LogP contribution in [0.15, 0.2) is 30.4 Å². The second-order valence-corrected chi connectivity index (χ2v) is 4.21. The van der Waals surface area contributed by atoms with E-state index in [0.717, 1.165) is 12.2 Å². The summed E-state index contributed by atoms with van der Waals surface area (Å²) in [7, 11) is 0. The Labute approximate surface area is 133 Å². The van der Waals surface area contributed by atoms with Gasteiger partial charge in [0.1, 0.15) is 0 Å². The molecule has 0 spiro atoms. The van der Waals surface area contributed by atoms with Crippen LogP contribution in [0.25, 0.3) is 12.2 Å². The second kappa shape index (κ2) is 9.14. The molecule has 0 fully saturated rings. The molecule has 0 aliphatic rings. The van der Waals surface area contributed by atoms with E-state index >= 15 is 0 Å². The minimum Gasteiger partial charge on any atom is -0.463 e. The van der Waals surface area contributed by atoms with Crippen LogP contribution < -0.4 is 0 Å². The number of hydrogen-bond donors (Lipinski definition) is 0. The van der Waals surface area contributed by atoms with Gasteiger partial charge in [0.2, 0.25) is 0 Å². The number of carbonyl (C=O) groups is 2. The number of nitrogens with zero attached hydrogens (tertiary/aromatic N) is 1. The normalized spacial score (nSPS) is 10.9. The number of rotatable bonds is 7. The molecule has 7 heteroatoms. The van der Waals surface area contributed by atoms with Gasteiger partial charge in [-0.2, -0.15) is 0 Å². The van der Waals surface area contributed by atoms with Crippen LogP contribution in [0.4, 0.5) is 5.69 Å². The summed E-state index contributed by atoms with van der Waals surface area (Å²) in [6, 6.07) is 4.58. The van der Waals surface area contributed by atoms with Crippen LogP contribution in [0.5, 0.6) is 0 Å². The van der Waals surface area contributed by atoms with Gasteiger partial charge in [0.25, 0.3) is 5.69 Å². The van der Waals surface area contributed by atoms with Crippen LogP contribution in [0.3, 0.4) is 0 Å². The number of carbonyl (C=O) groups excluding carboxylic acids is 2. The summed E-state index contributed by atoms with van der Waals surface area (Å²) in [6.07, 6.45) is 4.84. The fraction of sp³-hybridized carbons (Fsp3) is 0.250. The number of ether oxygens (including phenoxy) is 2. The summed E-state index contributed by atoms with van der Waals surface area (Å²) in [5.74, 6) is -1.18. The maximum Gasteiger partial charge on any atom is 0.330 e. The molecule has 0 radical (unpaired) electrons. The average Bonchev–Trinajstić information content (AvgIpc) is 2.51. The molecule has 122 valence electrons. The van der Waals surface area contributed by atoms with E-state index in [1.165, 1.54) is 24.3 Å². The predicted molar refractivity (Wildman–Crippen MR) is 84.4 cm³/mol. The Morgan fingerprint density at radius 2 is 1.48 bits per heavy atom. The average molecular weight is 319 g/mol. The summed E-state index contributed by atoms with van der Waals surface area (Å²) in [4.78, 5) is 33.3. The van der Waals surface area contributed by atoms with E-state index in [4.69, 9.17) is 9.47 Å². The Hall–Kier alpha value is -2.96. The largest absolute Gasteiger partial charge is 0.463 e. The predicted octanol–water partition coefficient (Wildman–Crippen LogP) is 2.75. The number of para-hydroxylation sites is 1. The molecule has 1 aromatic rings. The van der Waals surface area contributed by atoms with E-state index in [0.29, 0.717) is 0 Å². The van der Waals surface area contributed by atoms with Crippen molar-refractivity contribution in [2.75, 3.05) is 13.2 Å². The van der Waals surface area contributed by atoms with Gasteiger partial charge in [0, 0.05) is 12.2 Å². The Kier molecular flexibility index (Phi) is 7.19. The molecular formula is C16H17NO6. The SMILES string of the molecule is CCOC(=O)/C=C/c1cccc(/C=C/C(=O)OCC)c1[N+](=O)[O-]. The lowest BCUT2D eigenvalue weighted by atomic mass is 10.1. The van der Waals surface area contributed by atoms with Gasteiger partial charge in [0.15, 0.2) is 0 Å². The zero-order valence-electron chi connectivity index (χ0n) is 12.9. The van der Waals surface area contributed by atoms with Crippen molar-refractivity contribution in [1.29, 1.82) is 0 Å². The Morgan fingerprint density at radius 1 is 1.04 bits per heavy atom. The van der Waals surface area contributed by atoms with Gasteiger partial charge in [0.05, 0.1) is 29.3 Å². The lowest BCUT2D eigenvalue weighted by Crippen LogP contribution is -2.00. The molecule has 1 rings (SSSR count). The van der Waals surface area contributed by atoms with E-state index in [-0.39, 0.29) is 30.0 Å². The first kappa shape index (κ1) is 18.1. The van der Waals surface area contributed by atoms with Crippen molar-refractivity contribution in [2.45, 2.75) is 13.8 Å². The van der Waals surface area contributed by atoms with Gasteiger partial charge in [-0.15, -0.1) is 0 Å². The van der Waals surface area contributed by atoms with Gasteiger partial charge in [-0.05, 0) is 38.1 Å². The van der Waals surface area contributed by atoms with Crippen LogP contribution >= 0.6 is 0 Å². The fourth-order valence-electron chi connectivity index (χ4n) is 1.76. The standard InChI is InChI=1S/C16H17NO6/c1-3-22-14(18)10-8-12-6-5-7-13(16(12)17(20)21)9-11-15(19)23-4-2/h5-11H,3-4H2,1-2H3/b10-8+,11-9+. The number of benzene rings is 1. The number of nitro groups is 1. The van der Waals surface area contributed by atoms with E-state index < -0.39 is 16.9 Å². The maximum absolute atomic E-state index is 11.3. The first-order valence-electron chi connectivity index (χ1n) is 6.96. The minimum atomic E-state index is -0.589. The highest BCUT2D eigenvalue weighted by atomic mass is 16.6. The highest BCUT2D eigenvalue weighted by molar-refractivity contribution is 5.90. The van der Waals surface area contributed by atoms with Crippen molar-refractivity contribution in [3.8, 4) is 0 Å². The van der Waals surface area contributed by atoms with Crippen molar-refractivity contribution in [3.05, 3.63) is 51.6 Å². The molecule has 0 amide bonds. The van der Waals surface area contributed by atoms with Gasteiger partial charge in [-0.1, -0.05) is 6.07 Å². The number of esters is 2. The van der Waals surface area contributed by atoms with Gasteiger partial charge >= 0.3 is 11.9 Å². The molecule has 0 saturated carbocycles. The van der Waals surface area contributed by atoms with Crippen molar-refractivity contribution in [1.82, 2.24) is 0 Å². The topological polar surface area (TPSA) is 95.7 Å². The number of hydrogen-bond acceptors (Lipinski definition) is 6. The van der Waals surface area contributed by atoms with Crippen LogP contribution in [-0.4, -0.2) is 30.1 Å². The molecule has 0 unspecified atom stereocenters. The van der Waals surface area contributed by atoms with Crippen molar-refractivity contribution in [3.63, 3.8) is 0 Å². The molecule has 0 saturated heterocycles. The molecule has 0 atom stereocenters. The van der Waals surface area contributed by atoms with Crippen molar-refractivity contribution >= 4 is 29.8 Å². The molecule has 0 aliphatic carbocycles. The van der Waals surface area contributed by atoms with Crippen LogP contribution in [0, 0.1) is 10.1 Å². The first-order valence-corrected chi connectivity index (χ1v) is 6.96. The van der Waals surface area contributed by atoms with Crippen LogP contribution in [0.2, 0.25) is 0 Å². The van der Waals surface area contributed by atoms with E-state index in [2.05, 4.69) is 0 Å². The molecule has 1 aromatic carbocycles. The van der Waals surface area contributed by atoms with E-state index in [9.17, 15) is 19.7 Å². The maximum atomic E-state index is 11.3. The third kappa shape index (κ3) is 5.74. The lowest BCUT2D eigenvalue weighted by Gasteiger charge is -2.02. The van der Waals surface area contributed by atoms with E-state index in [1.54, 1.807) is 19.9 Å². The summed E-state index contributed by atoms with van der Waals surface area (Å²) < 4.78 is 9.46. The molecule has 0 heterocycles. The Balaban J connectivity index is 3.14.